The molecule has 1 aromatic heterocycles. The molecular formula is C19H25N3O4. The topological polar surface area (TPSA) is 79.8 Å². The smallest absolute Gasteiger partial charge is 0.330 e. The van der Waals surface area contributed by atoms with Gasteiger partial charge in [-0.2, -0.15) is 0 Å². The molecule has 0 aromatic carbocycles. The van der Waals surface area contributed by atoms with E-state index < -0.39 is 12.0 Å². The number of pyridine rings is 1. The highest BCUT2D eigenvalue weighted by atomic mass is 16.5. The van der Waals surface area contributed by atoms with Gasteiger partial charge in [-0.1, -0.05) is 19.3 Å². The van der Waals surface area contributed by atoms with E-state index in [0.29, 0.717) is 18.7 Å². The monoisotopic (exact) mass is 359 g/mol. The minimum absolute atomic E-state index is 0.0171. The zero-order chi connectivity index (χ0) is 18.5. The highest BCUT2D eigenvalue weighted by Crippen LogP contribution is 2.27. The molecule has 0 radical (unpaired) electrons. The predicted molar refractivity (Wildman–Crippen MR) is 94.2 cm³/mol. The third-order valence-corrected chi connectivity index (χ3v) is 5.29. The summed E-state index contributed by atoms with van der Waals surface area (Å²) in [5, 5.41) is 0. The van der Waals surface area contributed by atoms with Crippen molar-refractivity contribution in [1.29, 1.82) is 0 Å². The lowest BCUT2D eigenvalue weighted by Crippen LogP contribution is -2.60. The number of nitrogens with zero attached hydrogens (tertiary/aromatic N) is 3. The fourth-order valence-electron chi connectivity index (χ4n) is 3.82. The van der Waals surface area contributed by atoms with Crippen LogP contribution in [-0.4, -0.2) is 65.4 Å². The molecule has 2 heterocycles. The maximum Gasteiger partial charge on any atom is 0.330 e. The fraction of sp³-hybridized carbons (Fsp3) is 0.579. The Bertz CT molecular complexity index is 658. The number of carbonyl (C=O) groups is 3. The molecule has 7 nitrogen and oxygen atoms in total. The van der Waals surface area contributed by atoms with Gasteiger partial charge in [0.1, 0.15) is 6.04 Å². The lowest BCUT2D eigenvalue weighted by molar-refractivity contribution is -0.157. The molecule has 2 aliphatic rings. The highest BCUT2D eigenvalue weighted by molar-refractivity contribution is 5.95. The summed E-state index contributed by atoms with van der Waals surface area (Å²) < 4.78 is 4.91. The molecule has 26 heavy (non-hydrogen) atoms. The minimum Gasteiger partial charge on any atom is -0.467 e. The average Bonchev–Trinajstić information content (AvgIpc) is 2.73. The number of rotatable bonds is 3. The Morgan fingerprint density at radius 3 is 2.58 bits per heavy atom. The normalized spacial score (nSPS) is 21.3. The van der Waals surface area contributed by atoms with Crippen LogP contribution < -0.4 is 0 Å². The van der Waals surface area contributed by atoms with Crippen LogP contribution in [0.25, 0.3) is 0 Å². The third kappa shape index (κ3) is 3.86. The largest absolute Gasteiger partial charge is 0.467 e. The van der Waals surface area contributed by atoms with Crippen molar-refractivity contribution in [1.82, 2.24) is 14.8 Å². The van der Waals surface area contributed by atoms with Crippen LogP contribution in [-0.2, 0) is 14.3 Å². The maximum absolute atomic E-state index is 12.9. The molecule has 1 aromatic rings. The van der Waals surface area contributed by atoms with E-state index >= 15 is 0 Å². The third-order valence-electron chi connectivity index (χ3n) is 5.29. The van der Waals surface area contributed by atoms with Crippen LogP contribution in [0.4, 0.5) is 0 Å². The van der Waals surface area contributed by atoms with Gasteiger partial charge in [0.25, 0.3) is 5.91 Å². The van der Waals surface area contributed by atoms with Crippen molar-refractivity contribution in [3.8, 4) is 0 Å². The van der Waals surface area contributed by atoms with E-state index in [1.54, 1.807) is 28.1 Å². The minimum atomic E-state index is -0.746. The summed E-state index contributed by atoms with van der Waals surface area (Å²) in [6.07, 6.45) is 8.14. The summed E-state index contributed by atoms with van der Waals surface area (Å²) in [4.78, 5) is 45.1. The van der Waals surface area contributed by atoms with Gasteiger partial charge >= 0.3 is 5.97 Å². The number of carbonyl (C=O) groups excluding carboxylic acids is 3. The van der Waals surface area contributed by atoms with Crippen LogP contribution in [0, 0.1) is 5.92 Å². The van der Waals surface area contributed by atoms with Crippen molar-refractivity contribution >= 4 is 17.8 Å². The maximum atomic E-state index is 12.9. The summed E-state index contributed by atoms with van der Waals surface area (Å²) in [7, 11) is 1.31. The first kappa shape index (κ1) is 18.4. The number of hydrogen-bond acceptors (Lipinski definition) is 5. The van der Waals surface area contributed by atoms with E-state index in [1.165, 1.54) is 13.3 Å². The van der Waals surface area contributed by atoms with E-state index in [0.717, 1.165) is 32.1 Å². The predicted octanol–water partition coefficient (Wildman–Crippen LogP) is 1.49. The zero-order valence-electron chi connectivity index (χ0n) is 15.1. The zero-order valence-corrected chi connectivity index (χ0v) is 15.1. The van der Waals surface area contributed by atoms with Crippen molar-refractivity contribution in [2.75, 3.05) is 26.7 Å². The molecule has 1 saturated heterocycles. The lowest BCUT2D eigenvalue weighted by Gasteiger charge is -2.41. The first-order valence-corrected chi connectivity index (χ1v) is 9.19. The molecule has 0 spiro atoms. The molecule has 140 valence electrons. The number of esters is 1. The van der Waals surface area contributed by atoms with Crippen LogP contribution in [0.1, 0.15) is 42.5 Å². The molecule has 1 aliphatic carbocycles. The number of amides is 2. The van der Waals surface area contributed by atoms with Gasteiger partial charge in [-0.25, -0.2) is 4.79 Å². The van der Waals surface area contributed by atoms with Crippen molar-refractivity contribution in [2.24, 2.45) is 5.92 Å². The number of aromatic nitrogens is 1. The van der Waals surface area contributed by atoms with Gasteiger partial charge in [0.15, 0.2) is 0 Å². The molecule has 0 N–H and O–H groups in total. The Labute approximate surface area is 153 Å². The van der Waals surface area contributed by atoms with Crippen LogP contribution in [0.5, 0.6) is 0 Å². The summed E-state index contributed by atoms with van der Waals surface area (Å²) in [5.74, 6) is -0.653. The molecule has 0 unspecified atom stereocenters. The first-order chi connectivity index (χ1) is 12.6. The molecule has 1 saturated carbocycles. The van der Waals surface area contributed by atoms with E-state index in [1.807, 2.05) is 0 Å². The van der Waals surface area contributed by atoms with Crippen LogP contribution >= 0.6 is 0 Å². The summed E-state index contributed by atoms with van der Waals surface area (Å²) in [6.45, 7) is 0.902. The molecule has 0 bridgehead atoms. The van der Waals surface area contributed by atoms with Gasteiger partial charge in [0, 0.05) is 31.4 Å². The van der Waals surface area contributed by atoms with E-state index in [4.69, 9.17) is 4.74 Å². The molecular weight excluding hydrogens is 334 g/mol. The molecule has 2 amide bonds. The molecule has 1 aliphatic heterocycles. The average molecular weight is 359 g/mol. The van der Waals surface area contributed by atoms with Gasteiger partial charge in [0.2, 0.25) is 5.91 Å². The summed E-state index contributed by atoms with van der Waals surface area (Å²) in [5.41, 5.74) is 0.475. The van der Waals surface area contributed by atoms with E-state index in [9.17, 15) is 14.4 Å². The first-order valence-electron chi connectivity index (χ1n) is 9.19. The van der Waals surface area contributed by atoms with Crippen LogP contribution in [0.15, 0.2) is 24.5 Å². The molecule has 2 fully saturated rings. The summed E-state index contributed by atoms with van der Waals surface area (Å²) >= 11 is 0. The van der Waals surface area contributed by atoms with Crippen LogP contribution in [0.3, 0.4) is 0 Å². The second-order valence-corrected chi connectivity index (χ2v) is 6.90. The van der Waals surface area contributed by atoms with Crippen LogP contribution in [0.2, 0.25) is 0 Å². The second-order valence-electron chi connectivity index (χ2n) is 6.90. The lowest BCUT2D eigenvalue weighted by atomic mass is 9.87. The van der Waals surface area contributed by atoms with E-state index in [-0.39, 0.29) is 24.3 Å². The fourth-order valence-corrected chi connectivity index (χ4v) is 3.82. The Morgan fingerprint density at radius 2 is 1.92 bits per heavy atom. The van der Waals surface area contributed by atoms with Gasteiger partial charge in [0.05, 0.1) is 19.2 Å². The van der Waals surface area contributed by atoms with Gasteiger partial charge < -0.3 is 14.5 Å². The van der Waals surface area contributed by atoms with Gasteiger partial charge in [-0.3, -0.25) is 14.6 Å². The van der Waals surface area contributed by atoms with Gasteiger partial charge in [-0.15, -0.1) is 0 Å². The van der Waals surface area contributed by atoms with Crippen molar-refractivity contribution < 1.29 is 19.1 Å². The number of hydrogen-bond donors (Lipinski definition) is 0. The standard InChI is InChI=1S/C19H25N3O4/c1-26-19(25)16-13-21(17(23)15-8-5-9-20-12-15)10-11-22(16)18(24)14-6-3-2-4-7-14/h5,8-9,12,14,16H,2-4,6-7,10-11,13H2,1H3/t16-/m1/s1. The Kier molecular flexibility index (Phi) is 5.85. The van der Waals surface area contributed by atoms with Gasteiger partial charge in [-0.05, 0) is 25.0 Å². The molecule has 3 rings (SSSR count). The van der Waals surface area contributed by atoms with Crippen molar-refractivity contribution in [3.05, 3.63) is 30.1 Å². The number of methoxy groups -OCH3 is 1. The number of ether oxygens (including phenoxy) is 1. The number of piperazine rings is 1. The quantitative estimate of drug-likeness (QED) is 0.764. The molecule has 1 atom stereocenters. The Balaban J connectivity index is 1.74. The Hall–Kier alpha value is -2.44. The van der Waals surface area contributed by atoms with Crippen molar-refractivity contribution in [3.63, 3.8) is 0 Å². The highest BCUT2D eigenvalue weighted by Gasteiger charge is 2.40. The summed E-state index contributed by atoms with van der Waals surface area (Å²) in [6, 6.07) is 2.65. The van der Waals surface area contributed by atoms with Crippen molar-refractivity contribution in [2.45, 2.75) is 38.1 Å². The second kappa shape index (κ2) is 8.29. The Morgan fingerprint density at radius 1 is 1.15 bits per heavy atom. The molecule has 7 heteroatoms. The van der Waals surface area contributed by atoms with E-state index in [2.05, 4.69) is 4.98 Å². The SMILES string of the molecule is COC(=O)[C@H]1CN(C(=O)c2cccnc2)CCN1C(=O)C1CCCCC1.